The Labute approximate surface area is 151 Å². The molecule has 5 nitrogen and oxygen atoms in total. The van der Waals surface area contributed by atoms with Gasteiger partial charge < -0.3 is 9.64 Å². The topological polar surface area (TPSA) is 55.3 Å². The number of aryl methyl sites for hydroxylation is 1. The van der Waals surface area contributed by atoms with E-state index in [1.807, 2.05) is 30.6 Å². The third-order valence-electron chi connectivity index (χ3n) is 4.07. The van der Waals surface area contributed by atoms with Crippen LogP contribution in [0.25, 0.3) is 20.8 Å². The molecule has 6 heteroatoms. The molecule has 0 fully saturated rings. The lowest BCUT2D eigenvalue weighted by Crippen LogP contribution is -2.31. The highest BCUT2D eigenvalue weighted by molar-refractivity contribution is 7.22. The number of amides is 1. The van der Waals surface area contributed by atoms with Crippen molar-refractivity contribution in [2.75, 3.05) is 20.3 Å². The van der Waals surface area contributed by atoms with Gasteiger partial charge >= 0.3 is 0 Å². The molecule has 0 unspecified atom stereocenters. The van der Waals surface area contributed by atoms with Gasteiger partial charge in [-0.3, -0.25) is 14.8 Å². The fraction of sp³-hybridized carbons (Fsp3) is 0.316. The lowest BCUT2D eigenvalue weighted by atomic mass is 10.2. The first kappa shape index (κ1) is 17.5. The predicted molar refractivity (Wildman–Crippen MR) is 101 cm³/mol. The van der Waals surface area contributed by atoms with Gasteiger partial charge in [-0.05, 0) is 36.2 Å². The summed E-state index contributed by atoms with van der Waals surface area (Å²) in [6.45, 7) is 5.31. The molecule has 0 saturated heterocycles. The summed E-state index contributed by atoms with van der Waals surface area (Å²) in [4.78, 5) is 23.6. The molecule has 0 aromatic carbocycles. The lowest BCUT2D eigenvalue weighted by molar-refractivity contribution is -0.130. The maximum Gasteiger partial charge on any atom is 0.219 e. The van der Waals surface area contributed by atoms with Crippen LogP contribution in [0.5, 0.6) is 0 Å². The largest absolute Gasteiger partial charge is 0.383 e. The molecule has 0 radical (unpaired) electrons. The number of aromatic nitrogens is 2. The summed E-state index contributed by atoms with van der Waals surface area (Å²) in [6, 6.07) is 8.13. The molecule has 3 rings (SSSR count). The number of carbonyl (C=O) groups excluding carboxylic acids is 1. The number of hydrogen-bond donors (Lipinski definition) is 0. The van der Waals surface area contributed by atoms with Gasteiger partial charge in [0, 0.05) is 39.5 Å². The minimum atomic E-state index is 0.0344. The van der Waals surface area contributed by atoms with Crippen LogP contribution in [0.1, 0.15) is 18.1 Å². The van der Waals surface area contributed by atoms with Crippen molar-refractivity contribution in [2.45, 2.75) is 20.4 Å². The zero-order chi connectivity index (χ0) is 17.8. The number of rotatable bonds is 6. The summed E-state index contributed by atoms with van der Waals surface area (Å²) < 4.78 is 6.26. The van der Waals surface area contributed by atoms with E-state index in [0.717, 1.165) is 21.7 Å². The quantitative estimate of drug-likeness (QED) is 0.677. The fourth-order valence-electron chi connectivity index (χ4n) is 2.62. The summed E-state index contributed by atoms with van der Waals surface area (Å²) in [7, 11) is 1.64. The van der Waals surface area contributed by atoms with Crippen LogP contribution >= 0.6 is 11.3 Å². The molecular weight excluding hydrogens is 334 g/mol. The van der Waals surface area contributed by atoms with E-state index >= 15 is 0 Å². The van der Waals surface area contributed by atoms with Crippen molar-refractivity contribution in [3.63, 3.8) is 0 Å². The van der Waals surface area contributed by atoms with Crippen LogP contribution in [0.4, 0.5) is 0 Å². The number of hydrogen-bond acceptors (Lipinski definition) is 5. The second kappa shape index (κ2) is 7.72. The van der Waals surface area contributed by atoms with E-state index in [1.54, 1.807) is 30.3 Å². The molecule has 3 heterocycles. The van der Waals surface area contributed by atoms with Gasteiger partial charge in [-0.15, -0.1) is 11.3 Å². The monoisotopic (exact) mass is 355 g/mol. The van der Waals surface area contributed by atoms with E-state index in [-0.39, 0.29) is 5.91 Å². The predicted octanol–water partition coefficient (Wildman–Crippen LogP) is 3.66. The Hall–Kier alpha value is -2.31. The first-order chi connectivity index (χ1) is 12.1. The zero-order valence-electron chi connectivity index (χ0n) is 14.7. The molecule has 3 aromatic rings. The molecule has 1 amide bonds. The van der Waals surface area contributed by atoms with Crippen LogP contribution in [0.2, 0.25) is 0 Å². The second-order valence-corrected chi connectivity index (χ2v) is 6.99. The minimum Gasteiger partial charge on any atom is -0.383 e. The molecule has 0 aliphatic heterocycles. The van der Waals surface area contributed by atoms with Crippen LogP contribution in [0, 0.1) is 6.92 Å². The van der Waals surface area contributed by atoms with Gasteiger partial charge in [0.15, 0.2) is 0 Å². The smallest absolute Gasteiger partial charge is 0.219 e. The Morgan fingerprint density at radius 1 is 1.28 bits per heavy atom. The van der Waals surface area contributed by atoms with Crippen LogP contribution in [-0.4, -0.2) is 41.0 Å². The molecule has 0 spiro atoms. The molecular formula is C19H21N3O2S. The summed E-state index contributed by atoms with van der Waals surface area (Å²) >= 11 is 1.71. The maximum atomic E-state index is 11.7. The molecule has 0 atom stereocenters. The molecule has 3 aromatic heterocycles. The number of carbonyl (C=O) groups is 1. The van der Waals surface area contributed by atoms with Gasteiger partial charge in [0.05, 0.1) is 27.4 Å². The second-order valence-electron chi connectivity index (χ2n) is 5.94. The van der Waals surface area contributed by atoms with Gasteiger partial charge in [0.1, 0.15) is 0 Å². The van der Waals surface area contributed by atoms with Crippen molar-refractivity contribution in [1.29, 1.82) is 0 Å². The van der Waals surface area contributed by atoms with E-state index in [1.165, 1.54) is 10.3 Å². The SMILES string of the molecule is COCCN(Cc1ccc(-c2cc3nccc(C)c3s2)nc1)C(C)=O. The molecule has 0 saturated carbocycles. The van der Waals surface area contributed by atoms with E-state index in [2.05, 4.69) is 23.0 Å². The van der Waals surface area contributed by atoms with Gasteiger partial charge in [-0.1, -0.05) is 6.07 Å². The van der Waals surface area contributed by atoms with Crippen molar-refractivity contribution >= 4 is 27.5 Å². The Morgan fingerprint density at radius 3 is 2.76 bits per heavy atom. The van der Waals surface area contributed by atoms with Crippen LogP contribution in [0.3, 0.4) is 0 Å². The van der Waals surface area contributed by atoms with Crippen molar-refractivity contribution in [1.82, 2.24) is 14.9 Å². The number of thiophene rings is 1. The third-order valence-corrected chi connectivity index (χ3v) is 5.35. The standard InChI is InChI=1S/C19H21N3O2S/c1-13-6-7-20-17-10-18(25-19(13)17)16-5-4-15(11-21-16)12-22(14(2)23)8-9-24-3/h4-7,10-11H,8-9,12H2,1-3H3. The molecule has 0 N–H and O–H groups in total. The van der Waals surface area contributed by atoms with Gasteiger partial charge in [-0.25, -0.2) is 0 Å². The summed E-state index contributed by atoms with van der Waals surface area (Å²) in [5.74, 6) is 0.0344. The lowest BCUT2D eigenvalue weighted by Gasteiger charge is -2.20. The van der Waals surface area contributed by atoms with Crippen molar-refractivity contribution in [2.24, 2.45) is 0 Å². The van der Waals surface area contributed by atoms with E-state index in [9.17, 15) is 4.79 Å². The molecule has 0 aliphatic rings. The molecule has 0 bridgehead atoms. The Bertz CT molecular complexity index is 874. The first-order valence-corrected chi connectivity index (χ1v) is 8.95. The highest BCUT2D eigenvalue weighted by atomic mass is 32.1. The maximum absolute atomic E-state index is 11.7. The van der Waals surface area contributed by atoms with Crippen LogP contribution in [0.15, 0.2) is 36.7 Å². The van der Waals surface area contributed by atoms with Crippen molar-refractivity contribution in [3.8, 4) is 10.6 Å². The number of pyridine rings is 2. The highest BCUT2D eigenvalue weighted by Crippen LogP contribution is 2.33. The summed E-state index contributed by atoms with van der Waals surface area (Å²) in [6.07, 6.45) is 3.67. The number of fused-ring (bicyclic) bond motifs is 1. The van der Waals surface area contributed by atoms with Crippen molar-refractivity contribution < 1.29 is 9.53 Å². The average molecular weight is 355 g/mol. The zero-order valence-corrected chi connectivity index (χ0v) is 15.5. The van der Waals surface area contributed by atoms with Crippen molar-refractivity contribution in [3.05, 3.63) is 47.8 Å². The van der Waals surface area contributed by atoms with Gasteiger partial charge in [0.2, 0.25) is 5.91 Å². The Morgan fingerprint density at radius 2 is 2.12 bits per heavy atom. The van der Waals surface area contributed by atoms with Crippen LogP contribution in [-0.2, 0) is 16.1 Å². The first-order valence-electron chi connectivity index (χ1n) is 8.13. The fourth-order valence-corrected chi connectivity index (χ4v) is 3.69. The third kappa shape index (κ3) is 4.03. The number of ether oxygens (including phenoxy) is 1. The van der Waals surface area contributed by atoms with Crippen LogP contribution < -0.4 is 0 Å². The average Bonchev–Trinajstić information content (AvgIpc) is 3.04. The summed E-state index contributed by atoms with van der Waals surface area (Å²) in [5, 5.41) is 0. The van der Waals surface area contributed by atoms with Gasteiger partial charge in [-0.2, -0.15) is 0 Å². The van der Waals surface area contributed by atoms with Gasteiger partial charge in [0.25, 0.3) is 0 Å². The van der Waals surface area contributed by atoms with E-state index < -0.39 is 0 Å². The molecule has 130 valence electrons. The minimum absolute atomic E-state index is 0.0344. The molecule has 0 aliphatic carbocycles. The van der Waals surface area contributed by atoms with E-state index in [4.69, 9.17) is 4.74 Å². The highest BCUT2D eigenvalue weighted by Gasteiger charge is 2.11. The Balaban J connectivity index is 1.79. The Kier molecular flexibility index (Phi) is 5.40. The van der Waals surface area contributed by atoms with E-state index in [0.29, 0.717) is 19.7 Å². The number of nitrogens with zero attached hydrogens (tertiary/aromatic N) is 3. The number of methoxy groups -OCH3 is 1. The summed E-state index contributed by atoms with van der Waals surface area (Å²) in [5.41, 5.74) is 4.17. The normalized spacial score (nSPS) is 11.0. The molecule has 25 heavy (non-hydrogen) atoms.